The largest absolute Gasteiger partial charge is 0.391 e. The van der Waals surface area contributed by atoms with Crippen LogP contribution in [0.25, 0.3) is 0 Å². The molecule has 0 unspecified atom stereocenters. The summed E-state index contributed by atoms with van der Waals surface area (Å²) >= 11 is 0. The summed E-state index contributed by atoms with van der Waals surface area (Å²) in [4.78, 5) is 26.4. The molecule has 0 amide bonds. The minimum absolute atomic E-state index is 0.0503. The standard InChI is InChI=1S/C19H18FN3O5/c20-17-7-3-1-5-13(17)12-28-21-18-8-4-2-6-15(18)16-10-9-14(22(24)25)11-19(16)23(26)27/h1,3,5,7,9-11,15H,2,4,6,8,12H2/b21-18+/t15-/m0/s1. The molecule has 1 aliphatic rings. The van der Waals surface area contributed by atoms with Crippen LogP contribution in [-0.2, 0) is 11.4 Å². The van der Waals surface area contributed by atoms with Crippen LogP contribution in [0.5, 0.6) is 0 Å². The normalized spacial score (nSPS) is 18.0. The number of hydrogen-bond acceptors (Lipinski definition) is 6. The Hall–Kier alpha value is -3.36. The second kappa shape index (κ2) is 8.55. The Labute approximate surface area is 159 Å². The molecule has 28 heavy (non-hydrogen) atoms. The molecule has 8 nitrogen and oxygen atoms in total. The third kappa shape index (κ3) is 4.30. The summed E-state index contributed by atoms with van der Waals surface area (Å²) in [6.45, 7) is -0.0503. The van der Waals surface area contributed by atoms with Crippen LogP contribution in [0.4, 0.5) is 15.8 Å². The van der Waals surface area contributed by atoms with Gasteiger partial charge in [0.2, 0.25) is 0 Å². The van der Waals surface area contributed by atoms with Crippen molar-refractivity contribution in [2.75, 3.05) is 0 Å². The zero-order valence-corrected chi connectivity index (χ0v) is 14.9. The van der Waals surface area contributed by atoms with E-state index in [0.29, 0.717) is 29.7 Å². The molecule has 1 saturated carbocycles. The highest BCUT2D eigenvalue weighted by Crippen LogP contribution is 2.37. The molecule has 2 aromatic rings. The SMILES string of the molecule is O=[N+]([O-])c1ccc([C@@H]2CCCC/C2=N\OCc2ccccc2F)c([N+](=O)[O-])c1. The molecule has 0 heterocycles. The van der Waals surface area contributed by atoms with Crippen molar-refractivity contribution in [2.24, 2.45) is 5.16 Å². The first-order valence-corrected chi connectivity index (χ1v) is 8.82. The molecule has 0 bridgehead atoms. The van der Waals surface area contributed by atoms with Crippen molar-refractivity contribution in [1.82, 2.24) is 0 Å². The Balaban J connectivity index is 1.86. The van der Waals surface area contributed by atoms with Gasteiger partial charge in [0.1, 0.15) is 12.4 Å². The van der Waals surface area contributed by atoms with E-state index in [2.05, 4.69) is 5.16 Å². The van der Waals surface area contributed by atoms with Crippen molar-refractivity contribution >= 4 is 17.1 Å². The fourth-order valence-corrected chi connectivity index (χ4v) is 3.34. The summed E-state index contributed by atoms with van der Waals surface area (Å²) in [5.41, 5.74) is 0.729. The van der Waals surface area contributed by atoms with Gasteiger partial charge >= 0.3 is 0 Å². The maximum atomic E-state index is 13.7. The first-order valence-electron chi connectivity index (χ1n) is 8.82. The maximum Gasteiger partial charge on any atom is 0.280 e. The number of halogens is 1. The van der Waals surface area contributed by atoms with Crippen LogP contribution in [0, 0.1) is 26.0 Å². The fourth-order valence-electron chi connectivity index (χ4n) is 3.34. The molecule has 0 N–H and O–H groups in total. The van der Waals surface area contributed by atoms with E-state index >= 15 is 0 Å². The van der Waals surface area contributed by atoms with Gasteiger partial charge in [-0.2, -0.15) is 0 Å². The Bertz CT molecular complexity index is 932. The van der Waals surface area contributed by atoms with E-state index in [1.165, 1.54) is 18.2 Å². The van der Waals surface area contributed by atoms with Crippen molar-refractivity contribution in [1.29, 1.82) is 0 Å². The van der Waals surface area contributed by atoms with Crippen LogP contribution >= 0.6 is 0 Å². The van der Waals surface area contributed by atoms with Crippen LogP contribution in [0.1, 0.15) is 42.7 Å². The number of nitrogens with zero attached hydrogens (tertiary/aromatic N) is 3. The van der Waals surface area contributed by atoms with E-state index in [-0.39, 0.29) is 23.9 Å². The average molecular weight is 387 g/mol. The summed E-state index contributed by atoms with van der Waals surface area (Å²) in [5, 5.41) is 26.5. The van der Waals surface area contributed by atoms with Gasteiger partial charge in [0.15, 0.2) is 0 Å². The topological polar surface area (TPSA) is 108 Å². The Morgan fingerprint density at radius 3 is 2.61 bits per heavy atom. The summed E-state index contributed by atoms with van der Waals surface area (Å²) < 4.78 is 13.7. The zero-order chi connectivity index (χ0) is 20.1. The number of non-ortho nitro benzene ring substituents is 1. The van der Waals surface area contributed by atoms with Crippen LogP contribution in [0.2, 0.25) is 0 Å². The molecule has 0 radical (unpaired) electrons. The van der Waals surface area contributed by atoms with Crippen LogP contribution < -0.4 is 0 Å². The van der Waals surface area contributed by atoms with Gasteiger partial charge in [-0.15, -0.1) is 0 Å². The summed E-state index contributed by atoms with van der Waals surface area (Å²) in [5.74, 6) is -0.760. The molecule has 0 aromatic heterocycles. The van der Waals surface area contributed by atoms with Crippen molar-refractivity contribution in [3.05, 3.63) is 79.6 Å². The molecule has 1 aliphatic carbocycles. The monoisotopic (exact) mass is 387 g/mol. The van der Waals surface area contributed by atoms with Gasteiger partial charge in [-0.05, 0) is 31.4 Å². The first kappa shape index (κ1) is 19.4. The van der Waals surface area contributed by atoms with Gasteiger partial charge in [-0.25, -0.2) is 4.39 Å². The summed E-state index contributed by atoms with van der Waals surface area (Å²) in [6, 6.07) is 9.84. The lowest BCUT2D eigenvalue weighted by Crippen LogP contribution is -2.19. The molecule has 9 heteroatoms. The third-order valence-corrected chi connectivity index (χ3v) is 4.73. The second-order valence-corrected chi connectivity index (χ2v) is 6.50. The number of rotatable bonds is 6. The number of hydrogen-bond donors (Lipinski definition) is 0. The predicted octanol–water partition coefficient (Wildman–Crippen LogP) is 4.87. The smallest absolute Gasteiger partial charge is 0.280 e. The highest BCUT2D eigenvalue weighted by molar-refractivity contribution is 5.92. The lowest BCUT2D eigenvalue weighted by molar-refractivity contribution is -0.394. The van der Waals surface area contributed by atoms with Crippen molar-refractivity contribution < 1.29 is 19.1 Å². The number of benzene rings is 2. The van der Waals surface area contributed by atoms with Crippen molar-refractivity contribution in [3.63, 3.8) is 0 Å². The van der Waals surface area contributed by atoms with Crippen LogP contribution in [-0.4, -0.2) is 15.6 Å². The molecule has 1 fully saturated rings. The molecular formula is C19H18FN3O5. The maximum absolute atomic E-state index is 13.7. The molecule has 146 valence electrons. The lowest BCUT2D eigenvalue weighted by Gasteiger charge is -2.23. The van der Waals surface area contributed by atoms with Gasteiger partial charge < -0.3 is 4.84 Å². The summed E-state index contributed by atoms with van der Waals surface area (Å²) in [7, 11) is 0. The van der Waals surface area contributed by atoms with Crippen molar-refractivity contribution in [2.45, 2.75) is 38.2 Å². The van der Waals surface area contributed by atoms with E-state index < -0.39 is 15.7 Å². The Morgan fingerprint density at radius 2 is 1.89 bits per heavy atom. The first-order chi connectivity index (χ1) is 13.5. The van der Waals surface area contributed by atoms with Gasteiger partial charge in [-0.3, -0.25) is 20.2 Å². The van der Waals surface area contributed by atoms with Gasteiger partial charge in [-0.1, -0.05) is 29.8 Å². The Kier molecular flexibility index (Phi) is 5.93. The number of nitro benzene ring substituents is 2. The van der Waals surface area contributed by atoms with E-state index in [4.69, 9.17) is 4.84 Å². The molecule has 0 aliphatic heterocycles. The number of nitro groups is 2. The lowest BCUT2D eigenvalue weighted by atomic mass is 9.81. The third-order valence-electron chi connectivity index (χ3n) is 4.73. The molecule has 2 aromatic carbocycles. The average Bonchev–Trinajstić information content (AvgIpc) is 2.69. The number of oxime groups is 1. The van der Waals surface area contributed by atoms with Crippen LogP contribution in [0.3, 0.4) is 0 Å². The van der Waals surface area contributed by atoms with E-state index in [1.807, 2.05) is 0 Å². The molecule has 1 atom stereocenters. The Morgan fingerprint density at radius 1 is 1.11 bits per heavy atom. The minimum Gasteiger partial charge on any atom is -0.391 e. The zero-order valence-electron chi connectivity index (χ0n) is 14.9. The van der Waals surface area contributed by atoms with Gasteiger partial charge in [0, 0.05) is 23.1 Å². The molecular weight excluding hydrogens is 369 g/mol. The van der Waals surface area contributed by atoms with E-state index in [0.717, 1.165) is 18.9 Å². The van der Waals surface area contributed by atoms with E-state index in [1.54, 1.807) is 18.2 Å². The minimum atomic E-state index is -0.663. The van der Waals surface area contributed by atoms with Gasteiger partial charge in [0.25, 0.3) is 11.4 Å². The van der Waals surface area contributed by atoms with Gasteiger partial charge in [0.05, 0.1) is 21.6 Å². The summed E-state index contributed by atoms with van der Waals surface area (Å²) in [6.07, 6.45) is 2.93. The quantitative estimate of drug-likeness (QED) is 0.519. The van der Waals surface area contributed by atoms with Crippen molar-refractivity contribution in [3.8, 4) is 0 Å². The predicted molar refractivity (Wildman–Crippen MR) is 99.6 cm³/mol. The molecule has 0 spiro atoms. The molecule has 3 rings (SSSR count). The highest BCUT2D eigenvalue weighted by atomic mass is 19.1. The van der Waals surface area contributed by atoms with Crippen LogP contribution in [0.15, 0.2) is 47.6 Å². The fraction of sp³-hybridized carbons (Fsp3) is 0.316. The highest BCUT2D eigenvalue weighted by Gasteiger charge is 2.30. The second-order valence-electron chi connectivity index (χ2n) is 6.50. The molecule has 0 saturated heterocycles. The van der Waals surface area contributed by atoms with E-state index in [9.17, 15) is 24.6 Å².